The minimum absolute atomic E-state index is 0.0595. The number of halogens is 3. The first-order valence-electron chi connectivity index (χ1n) is 12.5. The average Bonchev–Trinajstić information content (AvgIpc) is 2.87. The normalized spacial score (nSPS) is 14.8. The summed E-state index contributed by atoms with van der Waals surface area (Å²) in [5.74, 6) is 0.396. The molecule has 0 spiro atoms. The van der Waals surface area contributed by atoms with Crippen LogP contribution in [-0.2, 0) is 23.8 Å². The number of aryl methyl sites for hydroxylation is 2. The number of nitrogens with one attached hydrogen (secondary N) is 1. The monoisotopic (exact) mass is 528 g/mol. The number of alkyl halides is 3. The van der Waals surface area contributed by atoms with Gasteiger partial charge in [0.15, 0.2) is 0 Å². The fourth-order valence-corrected chi connectivity index (χ4v) is 4.31. The van der Waals surface area contributed by atoms with Crippen LogP contribution in [0.25, 0.3) is 0 Å². The molecule has 38 heavy (non-hydrogen) atoms. The Morgan fingerprint density at radius 3 is 2.37 bits per heavy atom. The summed E-state index contributed by atoms with van der Waals surface area (Å²) in [5.41, 5.74) is 0.964. The topological polar surface area (TPSA) is 93.1 Å². The lowest BCUT2D eigenvalue weighted by molar-refractivity contribution is -0.138. The van der Waals surface area contributed by atoms with E-state index in [0.29, 0.717) is 36.8 Å². The summed E-state index contributed by atoms with van der Waals surface area (Å²) in [4.78, 5) is 30.0. The Labute approximate surface area is 219 Å². The van der Waals surface area contributed by atoms with Gasteiger partial charge in [-0.05, 0) is 76.1 Å². The number of amides is 1. The lowest BCUT2D eigenvalue weighted by Gasteiger charge is -2.33. The number of likely N-dealkylation sites (tertiary alicyclic amines) is 1. The maximum absolute atomic E-state index is 13.5. The number of benzene rings is 1. The molecule has 1 amide bonds. The Kier molecular flexibility index (Phi) is 8.13. The molecule has 8 nitrogen and oxygen atoms in total. The highest BCUT2D eigenvalue weighted by molar-refractivity contribution is 5.68. The van der Waals surface area contributed by atoms with Crippen molar-refractivity contribution in [3.8, 4) is 0 Å². The molecule has 0 aliphatic carbocycles. The van der Waals surface area contributed by atoms with Crippen LogP contribution in [0.1, 0.15) is 62.0 Å². The zero-order valence-electron chi connectivity index (χ0n) is 21.6. The smallest absolute Gasteiger partial charge is 0.419 e. The van der Waals surface area contributed by atoms with Gasteiger partial charge in [0.25, 0.3) is 0 Å². The molecule has 1 aliphatic heterocycles. The van der Waals surface area contributed by atoms with Gasteiger partial charge >= 0.3 is 12.3 Å². The van der Waals surface area contributed by atoms with Gasteiger partial charge in [0.2, 0.25) is 5.95 Å². The minimum Gasteiger partial charge on any atom is -0.444 e. The molecule has 3 heterocycles. The van der Waals surface area contributed by atoms with Crippen LogP contribution < -0.4 is 5.32 Å². The van der Waals surface area contributed by atoms with E-state index in [2.05, 4.69) is 25.3 Å². The first-order valence-corrected chi connectivity index (χ1v) is 12.5. The van der Waals surface area contributed by atoms with E-state index in [1.54, 1.807) is 17.2 Å². The molecule has 4 rings (SSSR count). The molecule has 2 aromatic heterocycles. The van der Waals surface area contributed by atoms with Crippen molar-refractivity contribution in [3.63, 3.8) is 0 Å². The third kappa shape index (κ3) is 7.39. The van der Waals surface area contributed by atoms with Crippen LogP contribution in [0.4, 0.5) is 29.6 Å². The molecule has 0 radical (unpaired) electrons. The highest BCUT2D eigenvalue weighted by atomic mass is 19.4. The molecule has 1 saturated heterocycles. The summed E-state index contributed by atoms with van der Waals surface area (Å²) in [7, 11) is 0. The average molecular weight is 529 g/mol. The van der Waals surface area contributed by atoms with Gasteiger partial charge in [-0.15, -0.1) is 0 Å². The number of rotatable bonds is 6. The Morgan fingerprint density at radius 1 is 1.05 bits per heavy atom. The van der Waals surface area contributed by atoms with Crippen molar-refractivity contribution in [3.05, 3.63) is 71.6 Å². The Hall–Kier alpha value is -3.76. The van der Waals surface area contributed by atoms with Crippen LogP contribution in [0, 0.1) is 0 Å². The summed E-state index contributed by atoms with van der Waals surface area (Å²) in [6.07, 6.45) is 0.886. The molecule has 1 aromatic carbocycles. The Morgan fingerprint density at radius 2 is 1.76 bits per heavy atom. The van der Waals surface area contributed by atoms with E-state index < -0.39 is 17.3 Å². The standard InChI is InChI=1S/C27H31F3N6O2/c1-26(2,3)38-25(37)36-14-11-19(12-15-36)18-4-6-21(7-5-18)34-24-32-16-22(27(28,29)30)23(35-24)9-8-20-10-13-31-17-33-20/h4-7,10,13,16-17,19H,8-9,11-12,14-15H2,1-3H3,(H,32,34,35). The summed E-state index contributed by atoms with van der Waals surface area (Å²) >= 11 is 0. The summed E-state index contributed by atoms with van der Waals surface area (Å²) < 4.78 is 46.1. The Bertz CT molecular complexity index is 1220. The predicted octanol–water partition coefficient (Wildman–Crippen LogP) is 5.93. The van der Waals surface area contributed by atoms with E-state index in [1.165, 1.54) is 6.33 Å². The van der Waals surface area contributed by atoms with Crippen molar-refractivity contribution in [2.24, 2.45) is 0 Å². The largest absolute Gasteiger partial charge is 0.444 e. The number of piperidine rings is 1. The Balaban J connectivity index is 1.39. The summed E-state index contributed by atoms with van der Waals surface area (Å²) in [6, 6.07) is 9.34. The van der Waals surface area contributed by atoms with E-state index >= 15 is 0 Å². The maximum Gasteiger partial charge on any atom is 0.419 e. The third-order valence-corrected chi connectivity index (χ3v) is 6.22. The van der Waals surface area contributed by atoms with Crippen LogP contribution in [0.3, 0.4) is 0 Å². The van der Waals surface area contributed by atoms with Crippen molar-refractivity contribution < 1.29 is 22.7 Å². The summed E-state index contributed by atoms with van der Waals surface area (Å²) in [5, 5.41) is 3.01. The highest BCUT2D eigenvalue weighted by Gasteiger charge is 2.35. The number of anilines is 2. The van der Waals surface area contributed by atoms with E-state index in [0.717, 1.165) is 24.6 Å². The molecular weight excluding hydrogens is 497 g/mol. The molecule has 202 valence electrons. The number of nitrogens with zero attached hydrogens (tertiary/aromatic N) is 5. The zero-order valence-corrected chi connectivity index (χ0v) is 21.6. The van der Waals surface area contributed by atoms with Crippen molar-refractivity contribution in [1.29, 1.82) is 0 Å². The lowest BCUT2D eigenvalue weighted by Crippen LogP contribution is -2.41. The summed E-state index contributed by atoms with van der Waals surface area (Å²) in [6.45, 7) is 6.80. The molecule has 0 unspecified atom stereocenters. The molecule has 0 saturated carbocycles. The lowest BCUT2D eigenvalue weighted by atomic mass is 9.89. The van der Waals surface area contributed by atoms with Crippen LogP contribution >= 0.6 is 0 Å². The van der Waals surface area contributed by atoms with Gasteiger partial charge in [-0.25, -0.2) is 24.7 Å². The molecule has 1 aliphatic rings. The van der Waals surface area contributed by atoms with Crippen LogP contribution in [0.2, 0.25) is 0 Å². The van der Waals surface area contributed by atoms with E-state index in [-0.39, 0.29) is 24.2 Å². The number of aromatic nitrogens is 4. The minimum atomic E-state index is -4.56. The number of carbonyl (C=O) groups is 1. The SMILES string of the molecule is CC(C)(C)OC(=O)N1CCC(c2ccc(Nc3ncc(C(F)(F)F)c(CCc4ccncn4)n3)cc2)CC1. The predicted molar refractivity (Wildman–Crippen MR) is 136 cm³/mol. The number of carbonyl (C=O) groups excluding carboxylic acids is 1. The van der Waals surface area contributed by atoms with Gasteiger partial charge in [-0.2, -0.15) is 13.2 Å². The first kappa shape index (κ1) is 27.3. The van der Waals surface area contributed by atoms with E-state index in [9.17, 15) is 18.0 Å². The highest BCUT2D eigenvalue weighted by Crippen LogP contribution is 2.33. The fraction of sp³-hybridized carbons (Fsp3) is 0.444. The number of hydrogen-bond acceptors (Lipinski definition) is 7. The van der Waals surface area contributed by atoms with Gasteiger partial charge in [0.05, 0.1) is 11.3 Å². The van der Waals surface area contributed by atoms with E-state index in [4.69, 9.17) is 4.74 Å². The van der Waals surface area contributed by atoms with Crippen molar-refractivity contribution in [2.45, 2.75) is 64.1 Å². The molecule has 0 bridgehead atoms. The van der Waals surface area contributed by atoms with Crippen molar-refractivity contribution in [1.82, 2.24) is 24.8 Å². The van der Waals surface area contributed by atoms with Gasteiger partial charge in [-0.3, -0.25) is 0 Å². The third-order valence-electron chi connectivity index (χ3n) is 6.22. The maximum atomic E-state index is 13.5. The number of ether oxygens (including phenoxy) is 1. The molecule has 1 fully saturated rings. The second kappa shape index (κ2) is 11.3. The zero-order chi connectivity index (χ0) is 27.3. The van der Waals surface area contributed by atoms with Crippen LogP contribution in [-0.4, -0.2) is 49.6 Å². The molecule has 1 N–H and O–H groups in total. The van der Waals surface area contributed by atoms with Gasteiger partial charge in [0, 0.05) is 36.9 Å². The quantitative estimate of drug-likeness (QED) is 0.424. The van der Waals surface area contributed by atoms with Gasteiger partial charge < -0.3 is 15.0 Å². The van der Waals surface area contributed by atoms with Gasteiger partial charge in [0.1, 0.15) is 11.9 Å². The van der Waals surface area contributed by atoms with Crippen molar-refractivity contribution >= 4 is 17.7 Å². The van der Waals surface area contributed by atoms with Crippen molar-refractivity contribution in [2.75, 3.05) is 18.4 Å². The van der Waals surface area contributed by atoms with Crippen LogP contribution in [0.15, 0.2) is 49.1 Å². The molecular formula is C27H31F3N6O2. The molecule has 11 heteroatoms. The van der Waals surface area contributed by atoms with Crippen LogP contribution in [0.5, 0.6) is 0 Å². The molecule has 0 atom stereocenters. The molecule has 3 aromatic rings. The first-order chi connectivity index (χ1) is 18.0. The second-order valence-corrected chi connectivity index (χ2v) is 10.2. The number of hydrogen-bond donors (Lipinski definition) is 1. The van der Waals surface area contributed by atoms with E-state index in [1.807, 2.05) is 45.0 Å². The van der Waals surface area contributed by atoms with Gasteiger partial charge in [-0.1, -0.05) is 12.1 Å². The fourth-order valence-electron chi connectivity index (χ4n) is 4.31. The second-order valence-electron chi connectivity index (χ2n) is 10.2.